The van der Waals surface area contributed by atoms with Gasteiger partial charge in [-0.15, -0.1) is 0 Å². The minimum Gasteiger partial charge on any atom is -0.393 e. The summed E-state index contributed by atoms with van der Waals surface area (Å²) in [6, 6.07) is 6.44. The molecule has 0 aliphatic rings. The van der Waals surface area contributed by atoms with Gasteiger partial charge in [0.25, 0.3) is 0 Å². The van der Waals surface area contributed by atoms with E-state index in [2.05, 4.69) is 10.0 Å². The Hall–Kier alpha value is -1.11. The molecule has 1 aromatic carbocycles. The Balaban J connectivity index is 2.66. The zero-order valence-electron chi connectivity index (χ0n) is 11.6. The molecule has 0 bridgehead atoms. The van der Waals surface area contributed by atoms with Crippen molar-refractivity contribution in [1.29, 1.82) is 0 Å². The minimum absolute atomic E-state index is 0.131. The van der Waals surface area contributed by atoms with E-state index < -0.39 is 10.0 Å². The molecular weight excluding hydrogens is 264 g/mol. The zero-order chi connectivity index (χ0) is 14.5. The Bertz CT molecular complexity index is 481. The first-order valence-electron chi connectivity index (χ1n) is 6.35. The third-order valence-electron chi connectivity index (χ3n) is 2.45. The van der Waals surface area contributed by atoms with E-state index in [1.165, 1.54) is 0 Å². The Morgan fingerprint density at radius 2 is 1.74 bits per heavy atom. The summed E-state index contributed by atoms with van der Waals surface area (Å²) in [5.41, 5.74) is 0.837. The highest BCUT2D eigenvalue weighted by atomic mass is 32.2. The zero-order valence-corrected chi connectivity index (χ0v) is 12.4. The number of anilines is 1. The van der Waals surface area contributed by atoms with Gasteiger partial charge in [0, 0.05) is 18.3 Å². The van der Waals surface area contributed by atoms with Crippen LogP contribution in [0.4, 0.5) is 5.69 Å². The van der Waals surface area contributed by atoms with Crippen molar-refractivity contribution in [3.63, 3.8) is 0 Å². The van der Waals surface area contributed by atoms with Crippen molar-refractivity contribution in [1.82, 2.24) is 4.72 Å². The second-order valence-corrected chi connectivity index (χ2v) is 6.58. The molecule has 0 fully saturated rings. The summed E-state index contributed by atoms with van der Waals surface area (Å²) in [7, 11) is -3.43. The molecule has 0 heterocycles. The number of rotatable bonds is 7. The summed E-state index contributed by atoms with van der Waals surface area (Å²) in [5.74, 6) is 0. The topological polar surface area (TPSA) is 78.4 Å². The highest BCUT2D eigenvalue weighted by Crippen LogP contribution is 2.14. The summed E-state index contributed by atoms with van der Waals surface area (Å²) in [5, 5.41) is 12.3. The van der Waals surface area contributed by atoms with Crippen molar-refractivity contribution in [2.45, 2.75) is 44.2 Å². The molecule has 6 heteroatoms. The van der Waals surface area contributed by atoms with E-state index in [9.17, 15) is 8.42 Å². The second-order valence-electron chi connectivity index (χ2n) is 4.86. The first-order valence-corrected chi connectivity index (χ1v) is 7.84. The lowest BCUT2D eigenvalue weighted by Crippen LogP contribution is -2.30. The van der Waals surface area contributed by atoms with Crippen LogP contribution in [0.5, 0.6) is 0 Å². The highest BCUT2D eigenvalue weighted by Gasteiger charge is 2.14. The smallest absolute Gasteiger partial charge is 0.240 e. The van der Waals surface area contributed by atoms with Crippen LogP contribution in [0.25, 0.3) is 0 Å². The van der Waals surface area contributed by atoms with Crippen LogP contribution in [0.1, 0.15) is 27.2 Å². The fourth-order valence-electron chi connectivity index (χ4n) is 1.56. The molecule has 1 atom stereocenters. The van der Waals surface area contributed by atoms with Crippen molar-refractivity contribution in [2.24, 2.45) is 0 Å². The van der Waals surface area contributed by atoms with Crippen molar-refractivity contribution in [3.8, 4) is 0 Å². The van der Waals surface area contributed by atoms with E-state index in [0.717, 1.165) is 5.69 Å². The normalized spacial score (nSPS) is 13.5. The fourth-order valence-corrected chi connectivity index (χ4v) is 2.81. The molecule has 0 amide bonds. The molecule has 0 aromatic heterocycles. The maximum atomic E-state index is 11.9. The number of nitrogens with one attached hydrogen (secondary N) is 2. The van der Waals surface area contributed by atoms with Gasteiger partial charge in [-0.05, 0) is 51.5 Å². The number of benzene rings is 1. The van der Waals surface area contributed by atoms with Crippen LogP contribution in [0.15, 0.2) is 29.2 Å². The summed E-state index contributed by atoms with van der Waals surface area (Å²) in [6.45, 7) is 5.94. The number of aliphatic hydroxyl groups excluding tert-OH is 1. The molecule has 1 rings (SSSR count). The van der Waals surface area contributed by atoms with Crippen LogP contribution in [0.2, 0.25) is 0 Å². The van der Waals surface area contributed by atoms with Gasteiger partial charge in [-0.3, -0.25) is 0 Å². The largest absolute Gasteiger partial charge is 0.393 e. The summed E-state index contributed by atoms with van der Waals surface area (Å²) < 4.78 is 26.3. The standard InChI is InChI=1S/C13H22N2O3S/c1-10(2)15-19(17,18)13-6-4-12(5-7-13)14-9-8-11(3)16/h4-7,10-11,14-16H,8-9H2,1-3H3. The SMILES string of the molecule is CC(O)CCNc1ccc(S(=O)(=O)NC(C)C)cc1. The predicted molar refractivity (Wildman–Crippen MR) is 76.7 cm³/mol. The lowest BCUT2D eigenvalue weighted by molar-refractivity contribution is 0.189. The van der Waals surface area contributed by atoms with E-state index in [4.69, 9.17) is 5.11 Å². The monoisotopic (exact) mass is 286 g/mol. The molecule has 1 aromatic rings. The Kier molecular flexibility index (Phi) is 5.78. The molecule has 0 aliphatic heterocycles. The van der Waals surface area contributed by atoms with Crippen LogP contribution < -0.4 is 10.0 Å². The fraction of sp³-hybridized carbons (Fsp3) is 0.538. The van der Waals surface area contributed by atoms with Crippen LogP contribution in [-0.4, -0.2) is 32.2 Å². The molecule has 19 heavy (non-hydrogen) atoms. The third kappa shape index (κ3) is 5.59. The molecule has 0 spiro atoms. The average molecular weight is 286 g/mol. The van der Waals surface area contributed by atoms with Gasteiger partial charge < -0.3 is 10.4 Å². The van der Waals surface area contributed by atoms with Gasteiger partial charge in [0.1, 0.15) is 0 Å². The number of hydrogen-bond donors (Lipinski definition) is 3. The van der Waals surface area contributed by atoms with Gasteiger partial charge in [-0.2, -0.15) is 0 Å². The summed E-state index contributed by atoms with van der Waals surface area (Å²) >= 11 is 0. The Labute approximate surface area is 115 Å². The van der Waals surface area contributed by atoms with Crippen molar-refractivity contribution in [3.05, 3.63) is 24.3 Å². The van der Waals surface area contributed by atoms with Crippen LogP contribution in [0.3, 0.4) is 0 Å². The molecule has 1 unspecified atom stereocenters. The molecule has 5 nitrogen and oxygen atoms in total. The van der Waals surface area contributed by atoms with E-state index in [0.29, 0.717) is 13.0 Å². The summed E-state index contributed by atoms with van der Waals surface area (Å²) in [6.07, 6.45) is 0.303. The van der Waals surface area contributed by atoms with Crippen molar-refractivity contribution in [2.75, 3.05) is 11.9 Å². The van der Waals surface area contributed by atoms with Gasteiger partial charge in [0.05, 0.1) is 11.0 Å². The second kappa shape index (κ2) is 6.88. The Morgan fingerprint density at radius 1 is 1.16 bits per heavy atom. The summed E-state index contributed by atoms with van der Waals surface area (Å²) in [4.78, 5) is 0.252. The van der Waals surface area contributed by atoms with Crippen LogP contribution in [0, 0.1) is 0 Å². The van der Waals surface area contributed by atoms with Gasteiger partial charge >= 0.3 is 0 Å². The van der Waals surface area contributed by atoms with E-state index in [-0.39, 0.29) is 17.0 Å². The first kappa shape index (κ1) is 15.9. The maximum Gasteiger partial charge on any atom is 0.240 e. The molecule has 108 valence electrons. The van der Waals surface area contributed by atoms with E-state index in [1.807, 2.05) is 0 Å². The van der Waals surface area contributed by atoms with Gasteiger partial charge in [-0.1, -0.05) is 0 Å². The van der Waals surface area contributed by atoms with Crippen molar-refractivity contribution < 1.29 is 13.5 Å². The first-order chi connectivity index (χ1) is 8.81. The molecular formula is C13H22N2O3S. The lowest BCUT2D eigenvalue weighted by atomic mass is 10.2. The minimum atomic E-state index is -3.43. The van der Waals surface area contributed by atoms with Crippen molar-refractivity contribution >= 4 is 15.7 Å². The maximum absolute atomic E-state index is 11.9. The predicted octanol–water partition coefficient (Wildman–Crippen LogP) is 1.56. The van der Waals surface area contributed by atoms with Gasteiger partial charge in [0.15, 0.2) is 0 Å². The molecule has 0 radical (unpaired) electrons. The number of hydrogen-bond acceptors (Lipinski definition) is 4. The van der Waals surface area contributed by atoms with Crippen LogP contribution in [-0.2, 0) is 10.0 Å². The third-order valence-corrected chi connectivity index (χ3v) is 4.12. The van der Waals surface area contributed by atoms with Gasteiger partial charge in [0.2, 0.25) is 10.0 Å². The molecule has 0 aliphatic carbocycles. The number of aliphatic hydroxyl groups is 1. The van der Waals surface area contributed by atoms with E-state index >= 15 is 0 Å². The molecule has 3 N–H and O–H groups in total. The lowest BCUT2D eigenvalue weighted by Gasteiger charge is -2.11. The Morgan fingerprint density at radius 3 is 2.21 bits per heavy atom. The highest BCUT2D eigenvalue weighted by molar-refractivity contribution is 7.89. The molecule has 0 saturated carbocycles. The quantitative estimate of drug-likeness (QED) is 0.711. The van der Waals surface area contributed by atoms with Crippen LogP contribution >= 0.6 is 0 Å². The molecule has 0 saturated heterocycles. The average Bonchev–Trinajstić information content (AvgIpc) is 2.27. The van der Waals surface area contributed by atoms with Gasteiger partial charge in [-0.25, -0.2) is 13.1 Å². The number of sulfonamides is 1. The van der Waals surface area contributed by atoms with E-state index in [1.54, 1.807) is 45.0 Å².